The summed E-state index contributed by atoms with van der Waals surface area (Å²) in [6.07, 6.45) is 2.42. The zero-order valence-corrected chi connectivity index (χ0v) is 14.6. The van der Waals surface area contributed by atoms with Gasteiger partial charge in [0.15, 0.2) is 0 Å². The summed E-state index contributed by atoms with van der Waals surface area (Å²) < 4.78 is 16.0. The molecular weight excluding hydrogens is 318 g/mol. The zero-order valence-electron chi connectivity index (χ0n) is 14.6. The summed E-state index contributed by atoms with van der Waals surface area (Å²) in [7, 11) is 3.23. The standard InChI is InChI=1S/C20H23NO4/c1-4-5-15-14-16(6-11-19(15)24-3)20(22)21-12-13-25-18-9-7-17(23-2)8-10-18/h4,6-11,14H,1,5,12-13H2,2-3H3,(H,21,22). The molecule has 0 radical (unpaired) electrons. The molecule has 0 unspecified atom stereocenters. The van der Waals surface area contributed by atoms with Crippen molar-refractivity contribution >= 4 is 5.91 Å². The third-order valence-electron chi connectivity index (χ3n) is 3.62. The summed E-state index contributed by atoms with van der Waals surface area (Å²) in [6.45, 7) is 4.52. The molecule has 0 aliphatic carbocycles. The van der Waals surface area contributed by atoms with E-state index in [-0.39, 0.29) is 5.91 Å². The van der Waals surface area contributed by atoms with E-state index in [1.165, 1.54) is 0 Å². The van der Waals surface area contributed by atoms with Gasteiger partial charge in [0.2, 0.25) is 0 Å². The Labute approximate surface area is 148 Å². The normalized spacial score (nSPS) is 10.0. The van der Waals surface area contributed by atoms with Gasteiger partial charge in [0, 0.05) is 5.56 Å². The molecule has 0 atom stereocenters. The Morgan fingerprint density at radius 3 is 2.44 bits per heavy atom. The molecule has 25 heavy (non-hydrogen) atoms. The van der Waals surface area contributed by atoms with Crippen LogP contribution in [0.4, 0.5) is 0 Å². The highest BCUT2D eigenvalue weighted by atomic mass is 16.5. The van der Waals surface area contributed by atoms with Crippen molar-refractivity contribution in [2.45, 2.75) is 6.42 Å². The number of hydrogen-bond donors (Lipinski definition) is 1. The smallest absolute Gasteiger partial charge is 0.251 e. The lowest BCUT2D eigenvalue weighted by atomic mass is 10.1. The van der Waals surface area contributed by atoms with E-state index in [0.29, 0.717) is 25.1 Å². The first-order valence-corrected chi connectivity index (χ1v) is 8.00. The maximum Gasteiger partial charge on any atom is 0.251 e. The van der Waals surface area contributed by atoms with E-state index in [1.807, 2.05) is 30.3 Å². The Balaban J connectivity index is 1.85. The molecule has 2 aromatic carbocycles. The van der Waals surface area contributed by atoms with Gasteiger partial charge in [-0.1, -0.05) is 6.08 Å². The maximum absolute atomic E-state index is 12.2. The highest BCUT2D eigenvalue weighted by Gasteiger charge is 2.09. The lowest BCUT2D eigenvalue weighted by Crippen LogP contribution is -2.28. The Kier molecular flexibility index (Phi) is 6.89. The molecule has 0 spiro atoms. The number of methoxy groups -OCH3 is 2. The quantitative estimate of drug-likeness (QED) is 0.562. The fraction of sp³-hybridized carbons (Fsp3) is 0.250. The molecule has 0 saturated heterocycles. The molecule has 0 heterocycles. The van der Waals surface area contributed by atoms with Gasteiger partial charge < -0.3 is 19.5 Å². The zero-order chi connectivity index (χ0) is 18.1. The van der Waals surface area contributed by atoms with Crippen LogP contribution in [0.2, 0.25) is 0 Å². The van der Waals surface area contributed by atoms with E-state index >= 15 is 0 Å². The van der Waals surface area contributed by atoms with Crippen molar-refractivity contribution in [3.8, 4) is 17.2 Å². The second-order valence-corrected chi connectivity index (χ2v) is 5.30. The van der Waals surface area contributed by atoms with E-state index in [1.54, 1.807) is 32.4 Å². The van der Waals surface area contributed by atoms with Crippen molar-refractivity contribution in [3.05, 3.63) is 66.2 Å². The van der Waals surface area contributed by atoms with Crippen LogP contribution >= 0.6 is 0 Å². The number of amides is 1. The number of hydrogen-bond acceptors (Lipinski definition) is 4. The van der Waals surface area contributed by atoms with E-state index in [2.05, 4.69) is 11.9 Å². The lowest BCUT2D eigenvalue weighted by molar-refractivity contribution is 0.0947. The van der Waals surface area contributed by atoms with Crippen LogP contribution in [0.25, 0.3) is 0 Å². The molecule has 0 aromatic heterocycles. The third-order valence-corrected chi connectivity index (χ3v) is 3.62. The van der Waals surface area contributed by atoms with Gasteiger partial charge in [-0.05, 0) is 54.4 Å². The molecule has 0 aliphatic heterocycles. The number of benzene rings is 2. The predicted octanol–water partition coefficient (Wildman–Crippen LogP) is 3.24. The Hall–Kier alpha value is -2.95. The Morgan fingerprint density at radius 2 is 1.80 bits per heavy atom. The first-order valence-electron chi connectivity index (χ1n) is 8.00. The number of rotatable bonds is 9. The second kappa shape index (κ2) is 9.37. The van der Waals surface area contributed by atoms with Crippen LogP contribution in [-0.2, 0) is 6.42 Å². The second-order valence-electron chi connectivity index (χ2n) is 5.30. The summed E-state index contributed by atoms with van der Waals surface area (Å²) in [4.78, 5) is 12.2. The van der Waals surface area contributed by atoms with E-state index < -0.39 is 0 Å². The molecule has 2 aromatic rings. The van der Waals surface area contributed by atoms with E-state index in [0.717, 1.165) is 22.8 Å². The van der Waals surface area contributed by atoms with Gasteiger partial charge in [-0.3, -0.25) is 4.79 Å². The molecular formula is C20H23NO4. The van der Waals surface area contributed by atoms with E-state index in [9.17, 15) is 4.79 Å². The minimum Gasteiger partial charge on any atom is -0.497 e. The molecule has 0 fully saturated rings. The predicted molar refractivity (Wildman–Crippen MR) is 97.7 cm³/mol. The van der Waals surface area contributed by atoms with Crippen LogP contribution in [0.5, 0.6) is 17.2 Å². The molecule has 0 aliphatic rings. The van der Waals surface area contributed by atoms with Crippen molar-refractivity contribution in [2.75, 3.05) is 27.4 Å². The molecule has 5 nitrogen and oxygen atoms in total. The highest BCUT2D eigenvalue weighted by Crippen LogP contribution is 2.21. The van der Waals surface area contributed by atoms with Gasteiger partial charge in [-0.2, -0.15) is 0 Å². The van der Waals surface area contributed by atoms with Crippen molar-refractivity contribution in [3.63, 3.8) is 0 Å². The highest BCUT2D eigenvalue weighted by molar-refractivity contribution is 5.94. The van der Waals surface area contributed by atoms with Crippen LogP contribution in [-0.4, -0.2) is 33.3 Å². The number of ether oxygens (including phenoxy) is 3. The van der Waals surface area contributed by atoms with Crippen LogP contribution in [0, 0.1) is 0 Å². The molecule has 1 amide bonds. The van der Waals surface area contributed by atoms with Gasteiger partial charge in [0.25, 0.3) is 5.91 Å². The van der Waals surface area contributed by atoms with E-state index in [4.69, 9.17) is 14.2 Å². The maximum atomic E-state index is 12.2. The summed E-state index contributed by atoms with van der Waals surface area (Å²) in [6, 6.07) is 12.7. The SMILES string of the molecule is C=CCc1cc(C(=O)NCCOc2ccc(OC)cc2)ccc1OC. The summed E-state index contributed by atoms with van der Waals surface area (Å²) in [5.41, 5.74) is 1.52. The molecule has 5 heteroatoms. The fourth-order valence-corrected chi connectivity index (χ4v) is 2.34. The summed E-state index contributed by atoms with van der Waals surface area (Å²) >= 11 is 0. The van der Waals surface area contributed by atoms with Crippen molar-refractivity contribution in [2.24, 2.45) is 0 Å². The molecule has 2 rings (SSSR count). The molecule has 0 saturated carbocycles. The topological polar surface area (TPSA) is 56.8 Å². The number of carbonyl (C=O) groups is 1. The lowest BCUT2D eigenvalue weighted by Gasteiger charge is -2.11. The van der Waals surface area contributed by atoms with Gasteiger partial charge in [-0.15, -0.1) is 6.58 Å². The van der Waals surface area contributed by atoms with Crippen LogP contribution in [0.1, 0.15) is 15.9 Å². The van der Waals surface area contributed by atoms with Crippen LogP contribution in [0.3, 0.4) is 0 Å². The van der Waals surface area contributed by atoms with Crippen molar-refractivity contribution in [1.29, 1.82) is 0 Å². The summed E-state index contributed by atoms with van der Waals surface area (Å²) in [5, 5.41) is 2.84. The van der Waals surface area contributed by atoms with Crippen molar-refractivity contribution < 1.29 is 19.0 Å². The minimum absolute atomic E-state index is 0.147. The molecule has 1 N–H and O–H groups in total. The average Bonchev–Trinajstić information content (AvgIpc) is 2.65. The molecule has 0 bridgehead atoms. The fourth-order valence-electron chi connectivity index (χ4n) is 2.34. The largest absolute Gasteiger partial charge is 0.497 e. The average molecular weight is 341 g/mol. The first-order chi connectivity index (χ1) is 12.2. The number of carbonyl (C=O) groups excluding carboxylic acids is 1. The Morgan fingerprint density at radius 1 is 1.08 bits per heavy atom. The van der Waals surface area contributed by atoms with Crippen LogP contribution in [0.15, 0.2) is 55.1 Å². The van der Waals surface area contributed by atoms with Crippen LogP contribution < -0.4 is 19.5 Å². The monoisotopic (exact) mass is 341 g/mol. The number of allylic oxidation sites excluding steroid dienone is 1. The number of nitrogens with one attached hydrogen (secondary N) is 1. The first kappa shape index (κ1) is 18.4. The molecule has 132 valence electrons. The Bertz CT molecular complexity index is 710. The van der Waals surface area contributed by atoms with Crippen molar-refractivity contribution in [1.82, 2.24) is 5.32 Å². The van der Waals surface area contributed by atoms with Gasteiger partial charge in [-0.25, -0.2) is 0 Å². The van der Waals surface area contributed by atoms with Gasteiger partial charge in [0.1, 0.15) is 23.9 Å². The van der Waals surface area contributed by atoms with Gasteiger partial charge in [0.05, 0.1) is 20.8 Å². The van der Waals surface area contributed by atoms with Gasteiger partial charge >= 0.3 is 0 Å². The third kappa shape index (κ3) is 5.28. The summed E-state index contributed by atoms with van der Waals surface area (Å²) in [5.74, 6) is 2.11. The minimum atomic E-state index is -0.147.